The molecule has 0 spiro atoms. The third-order valence-corrected chi connectivity index (χ3v) is 4.31. The molecular weight excluding hydrogens is 308 g/mol. The van der Waals surface area contributed by atoms with Crippen LogP contribution in [0.15, 0.2) is 40.3 Å². The summed E-state index contributed by atoms with van der Waals surface area (Å²) in [5.74, 6) is -4.79. The molecule has 3 aromatic rings. The Hall–Kier alpha value is -2.74. The lowest BCUT2D eigenvalue weighted by molar-refractivity contribution is -0.147. The number of thiophene rings is 1. The average Bonchev–Trinajstić information content (AvgIpc) is 3.14. The zero-order valence-electron chi connectivity index (χ0n) is 11.0. The summed E-state index contributed by atoms with van der Waals surface area (Å²) < 4.78 is 4.58. The smallest absolute Gasteiger partial charge is 0.313 e. The second-order valence-electron chi connectivity index (χ2n) is 4.66. The molecule has 0 radical (unpaired) electrons. The monoisotopic (exact) mass is 318 g/mol. The maximum atomic E-state index is 11.7. The zero-order valence-corrected chi connectivity index (χ0v) is 11.9. The fraction of sp³-hybridized carbons (Fsp3) is 0.143. The van der Waals surface area contributed by atoms with Gasteiger partial charge < -0.3 is 10.2 Å². The minimum Gasteiger partial charge on any atom is -0.481 e. The Bertz CT molecular complexity index is 827. The topological polar surface area (TPSA) is 114 Å². The first-order valence-corrected chi connectivity index (χ1v) is 7.17. The van der Waals surface area contributed by atoms with E-state index in [2.05, 4.69) is 14.9 Å². The van der Waals surface area contributed by atoms with Crippen molar-refractivity contribution in [3.8, 4) is 0 Å². The highest BCUT2D eigenvalue weighted by Gasteiger charge is 2.37. The van der Waals surface area contributed by atoms with E-state index in [4.69, 9.17) is 0 Å². The van der Waals surface area contributed by atoms with Crippen LogP contribution in [0, 0.1) is 0 Å². The number of aliphatic carboxylic acids is 2. The van der Waals surface area contributed by atoms with Gasteiger partial charge in [0.05, 0.1) is 5.92 Å². The van der Waals surface area contributed by atoms with E-state index < -0.39 is 23.8 Å². The van der Waals surface area contributed by atoms with Crippen molar-refractivity contribution in [2.75, 3.05) is 0 Å². The number of nitrogens with zero attached hydrogens (tertiary/aromatic N) is 2. The number of hydrogen-bond donors (Lipinski definition) is 2. The lowest BCUT2D eigenvalue weighted by Gasteiger charge is -2.19. The lowest BCUT2D eigenvalue weighted by Crippen LogP contribution is -2.25. The third-order valence-electron chi connectivity index (χ3n) is 3.35. The average molecular weight is 318 g/mol. The van der Waals surface area contributed by atoms with Crippen molar-refractivity contribution in [1.29, 1.82) is 0 Å². The van der Waals surface area contributed by atoms with Crippen molar-refractivity contribution in [1.82, 2.24) is 10.3 Å². The van der Waals surface area contributed by atoms with Crippen LogP contribution in [-0.4, -0.2) is 32.5 Å². The van der Waals surface area contributed by atoms with Crippen molar-refractivity contribution in [2.45, 2.75) is 11.8 Å². The van der Waals surface area contributed by atoms with Gasteiger partial charge in [-0.25, -0.2) is 4.63 Å². The Morgan fingerprint density at radius 1 is 1.05 bits per heavy atom. The van der Waals surface area contributed by atoms with Crippen molar-refractivity contribution in [3.05, 3.63) is 46.2 Å². The molecule has 0 saturated heterocycles. The van der Waals surface area contributed by atoms with Gasteiger partial charge in [0.15, 0.2) is 0 Å². The Balaban J connectivity index is 2.11. The summed E-state index contributed by atoms with van der Waals surface area (Å²) in [5, 5.41) is 28.1. The lowest BCUT2D eigenvalue weighted by atomic mass is 9.85. The van der Waals surface area contributed by atoms with Gasteiger partial charge in [-0.15, -0.1) is 11.3 Å². The highest BCUT2D eigenvalue weighted by atomic mass is 32.1. The van der Waals surface area contributed by atoms with E-state index in [0.29, 0.717) is 21.5 Å². The molecule has 0 saturated carbocycles. The SMILES string of the molecule is O=C(O)C(c1ccc2nonc2c1)C(C(=O)O)c1cccs1. The predicted octanol–water partition coefficient (Wildman–Crippen LogP) is 2.32. The molecule has 2 unspecified atom stereocenters. The van der Waals surface area contributed by atoms with Crippen LogP contribution in [0.3, 0.4) is 0 Å². The van der Waals surface area contributed by atoms with Gasteiger partial charge in [-0.2, -0.15) is 0 Å². The van der Waals surface area contributed by atoms with Gasteiger partial charge in [0.1, 0.15) is 17.0 Å². The van der Waals surface area contributed by atoms with Crippen molar-refractivity contribution < 1.29 is 24.4 Å². The van der Waals surface area contributed by atoms with Crippen LogP contribution in [0.5, 0.6) is 0 Å². The summed E-state index contributed by atoms with van der Waals surface area (Å²) in [7, 11) is 0. The Kier molecular flexibility index (Phi) is 3.60. The Labute approximate surface area is 127 Å². The van der Waals surface area contributed by atoms with Crippen LogP contribution in [0.1, 0.15) is 22.3 Å². The van der Waals surface area contributed by atoms with Crippen molar-refractivity contribution in [3.63, 3.8) is 0 Å². The standard InChI is InChI=1S/C14H10N2O5S/c17-13(18)11(12(14(19)20)10-2-1-5-22-10)7-3-4-8-9(6-7)16-21-15-8/h1-6,11-12H,(H,17,18)(H,19,20). The number of aromatic nitrogens is 2. The van der Waals surface area contributed by atoms with Crippen LogP contribution in [-0.2, 0) is 9.59 Å². The number of benzene rings is 1. The maximum Gasteiger partial charge on any atom is 0.313 e. The van der Waals surface area contributed by atoms with E-state index in [9.17, 15) is 19.8 Å². The summed E-state index contributed by atoms with van der Waals surface area (Å²) >= 11 is 1.21. The quantitative estimate of drug-likeness (QED) is 0.742. The van der Waals surface area contributed by atoms with Crippen molar-refractivity contribution >= 4 is 34.3 Å². The molecule has 112 valence electrons. The predicted molar refractivity (Wildman–Crippen MR) is 76.9 cm³/mol. The van der Waals surface area contributed by atoms with Gasteiger partial charge in [0.2, 0.25) is 0 Å². The number of carboxylic acids is 2. The van der Waals surface area contributed by atoms with Gasteiger partial charge in [-0.3, -0.25) is 9.59 Å². The summed E-state index contributed by atoms with van der Waals surface area (Å²) in [4.78, 5) is 23.8. The molecule has 0 aliphatic carbocycles. The first-order valence-electron chi connectivity index (χ1n) is 6.29. The summed E-state index contributed by atoms with van der Waals surface area (Å²) in [6.07, 6.45) is 0. The molecular formula is C14H10N2O5S. The highest BCUT2D eigenvalue weighted by molar-refractivity contribution is 7.10. The summed E-state index contributed by atoms with van der Waals surface area (Å²) in [5.41, 5.74) is 1.21. The fourth-order valence-corrected chi connectivity index (χ4v) is 3.22. The fourth-order valence-electron chi connectivity index (χ4n) is 2.37. The first kappa shape index (κ1) is 14.2. The van der Waals surface area contributed by atoms with E-state index in [1.165, 1.54) is 23.5 Å². The number of carboxylic acid groups (broad SMARTS) is 2. The molecule has 0 aliphatic rings. The Morgan fingerprint density at radius 2 is 1.77 bits per heavy atom. The molecule has 1 aromatic carbocycles. The van der Waals surface area contributed by atoms with E-state index in [1.54, 1.807) is 23.6 Å². The molecule has 2 atom stereocenters. The van der Waals surface area contributed by atoms with Crippen LogP contribution in [0.2, 0.25) is 0 Å². The summed E-state index contributed by atoms with van der Waals surface area (Å²) in [6, 6.07) is 7.91. The molecule has 2 aromatic heterocycles. The van der Waals surface area contributed by atoms with Gasteiger partial charge in [0, 0.05) is 4.88 Å². The molecule has 0 bridgehead atoms. The molecule has 0 fully saturated rings. The molecule has 22 heavy (non-hydrogen) atoms. The summed E-state index contributed by atoms with van der Waals surface area (Å²) in [6.45, 7) is 0. The van der Waals surface area contributed by atoms with E-state index in [-0.39, 0.29) is 0 Å². The normalized spacial score (nSPS) is 13.8. The van der Waals surface area contributed by atoms with Crippen molar-refractivity contribution in [2.24, 2.45) is 0 Å². The molecule has 8 heteroatoms. The molecule has 0 amide bonds. The minimum atomic E-state index is -1.22. The van der Waals surface area contributed by atoms with Gasteiger partial charge in [-0.1, -0.05) is 12.1 Å². The third kappa shape index (κ3) is 2.44. The van der Waals surface area contributed by atoms with Gasteiger partial charge in [0.25, 0.3) is 0 Å². The van der Waals surface area contributed by atoms with Crippen LogP contribution in [0.4, 0.5) is 0 Å². The van der Waals surface area contributed by atoms with E-state index in [1.807, 2.05) is 0 Å². The second kappa shape index (κ2) is 5.57. The van der Waals surface area contributed by atoms with Gasteiger partial charge >= 0.3 is 11.9 Å². The van der Waals surface area contributed by atoms with Crippen LogP contribution >= 0.6 is 11.3 Å². The number of fused-ring (bicyclic) bond motifs is 1. The van der Waals surface area contributed by atoms with Crippen LogP contribution in [0.25, 0.3) is 11.0 Å². The van der Waals surface area contributed by atoms with Gasteiger partial charge in [-0.05, 0) is 39.5 Å². The second-order valence-corrected chi connectivity index (χ2v) is 5.64. The van der Waals surface area contributed by atoms with E-state index >= 15 is 0 Å². The first-order chi connectivity index (χ1) is 10.6. The maximum absolute atomic E-state index is 11.7. The van der Waals surface area contributed by atoms with E-state index in [0.717, 1.165) is 0 Å². The number of hydrogen-bond acceptors (Lipinski definition) is 6. The number of rotatable bonds is 5. The number of carbonyl (C=O) groups is 2. The largest absolute Gasteiger partial charge is 0.481 e. The molecule has 7 nitrogen and oxygen atoms in total. The Morgan fingerprint density at radius 3 is 2.41 bits per heavy atom. The van der Waals surface area contributed by atoms with Crippen LogP contribution < -0.4 is 0 Å². The molecule has 2 N–H and O–H groups in total. The highest BCUT2D eigenvalue weighted by Crippen LogP contribution is 2.36. The molecule has 0 aliphatic heterocycles. The molecule has 2 heterocycles. The molecule has 3 rings (SSSR count). The zero-order chi connectivity index (χ0) is 15.7. The minimum absolute atomic E-state index is 0.344.